The number of benzene rings is 2. The van der Waals surface area contributed by atoms with Gasteiger partial charge in [0.2, 0.25) is 5.16 Å². The van der Waals surface area contributed by atoms with Gasteiger partial charge < -0.3 is 4.74 Å². The molecule has 0 atom stereocenters. The molecule has 0 fully saturated rings. The van der Waals surface area contributed by atoms with Crippen LogP contribution in [0.15, 0.2) is 52.5 Å². The maximum atomic E-state index is 11.2. The van der Waals surface area contributed by atoms with E-state index in [2.05, 4.69) is 15.2 Å². The number of H-pyrrole nitrogens is 1. The van der Waals surface area contributed by atoms with E-state index < -0.39 is 4.92 Å². The number of nitrogens with zero attached hydrogens (tertiary/aromatic N) is 3. The van der Waals surface area contributed by atoms with Gasteiger partial charge >= 0.3 is 0 Å². The van der Waals surface area contributed by atoms with Crippen molar-refractivity contribution in [3.63, 3.8) is 0 Å². The van der Waals surface area contributed by atoms with Crippen LogP contribution in [0.3, 0.4) is 0 Å². The van der Waals surface area contributed by atoms with E-state index in [9.17, 15) is 14.9 Å². The molecule has 1 N–H and O–H groups in total. The molecule has 0 radical (unpaired) electrons. The number of ether oxygens (including phenoxy) is 1. The van der Waals surface area contributed by atoms with E-state index in [1.54, 1.807) is 0 Å². The number of nitro benzene ring substituents is 1. The summed E-state index contributed by atoms with van der Waals surface area (Å²) in [4.78, 5) is 26.3. The fourth-order valence-electron chi connectivity index (χ4n) is 2.29. The summed E-state index contributed by atoms with van der Waals surface area (Å²) in [6.07, 6.45) is 0.566. The van der Waals surface area contributed by atoms with Crippen LogP contribution in [-0.4, -0.2) is 33.0 Å². The van der Waals surface area contributed by atoms with Crippen molar-refractivity contribution in [1.29, 1.82) is 0 Å². The third-order valence-electron chi connectivity index (χ3n) is 3.42. The number of hydrogen-bond donors (Lipinski definition) is 1. The van der Waals surface area contributed by atoms with Crippen LogP contribution in [0.25, 0.3) is 11.4 Å². The quantitative estimate of drug-likeness (QED) is 0.383. The Hall–Kier alpha value is -3.20. The van der Waals surface area contributed by atoms with Crippen molar-refractivity contribution in [3.8, 4) is 17.1 Å². The van der Waals surface area contributed by atoms with E-state index in [0.717, 1.165) is 17.3 Å². The number of hydrogen-bond acceptors (Lipinski definition) is 7. The number of aromatic amines is 1. The lowest BCUT2D eigenvalue weighted by molar-refractivity contribution is -0.387. The van der Waals surface area contributed by atoms with Crippen molar-refractivity contribution in [1.82, 2.24) is 15.2 Å². The number of nitro groups is 1. The van der Waals surface area contributed by atoms with E-state index in [1.165, 1.54) is 18.2 Å². The van der Waals surface area contributed by atoms with Crippen molar-refractivity contribution in [3.05, 3.63) is 58.1 Å². The summed E-state index contributed by atoms with van der Waals surface area (Å²) in [5.74, 6) is 1.17. The summed E-state index contributed by atoms with van der Waals surface area (Å²) in [6.45, 7) is 2.41. The molecule has 0 aliphatic rings. The van der Waals surface area contributed by atoms with Crippen LogP contribution in [0.1, 0.15) is 17.3 Å². The first kappa shape index (κ1) is 17.6. The highest BCUT2D eigenvalue weighted by molar-refractivity contribution is 7.99. The summed E-state index contributed by atoms with van der Waals surface area (Å²) in [6, 6.07) is 11.7. The van der Waals surface area contributed by atoms with Crippen molar-refractivity contribution < 1.29 is 14.5 Å². The van der Waals surface area contributed by atoms with Crippen LogP contribution in [-0.2, 0) is 0 Å². The molecule has 2 aromatic carbocycles. The Bertz CT molecular complexity index is 957. The summed E-state index contributed by atoms with van der Waals surface area (Å²) < 4.78 is 5.58. The lowest BCUT2D eigenvalue weighted by Gasteiger charge is -2.06. The molecule has 132 valence electrons. The van der Waals surface area contributed by atoms with Crippen LogP contribution in [0.2, 0.25) is 0 Å². The van der Waals surface area contributed by atoms with Crippen molar-refractivity contribution in [2.24, 2.45) is 0 Å². The number of rotatable bonds is 7. The molecule has 0 saturated heterocycles. The molecule has 0 unspecified atom stereocenters. The van der Waals surface area contributed by atoms with E-state index in [1.807, 2.05) is 31.2 Å². The molecule has 3 aromatic rings. The Labute approximate surface area is 152 Å². The van der Waals surface area contributed by atoms with Gasteiger partial charge in [-0.1, -0.05) is 18.2 Å². The zero-order chi connectivity index (χ0) is 18.5. The predicted molar refractivity (Wildman–Crippen MR) is 95.6 cm³/mol. The van der Waals surface area contributed by atoms with Gasteiger partial charge in [0.05, 0.1) is 22.0 Å². The molecular weight excluding hydrogens is 356 g/mol. The molecule has 3 rings (SSSR count). The molecule has 8 nitrogen and oxygen atoms in total. The van der Waals surface area contributed by atoms with Crippen molar-refractivity contribution >= 4 is 23.7 Å². The molecule has 0 aliphatic carbocycles. The summed E-state index contributed by atoms with van der Waals surface area (Å²) >= 11 is 1.04. The van der Waals surface area contributed by atoms with Gasteiger partial charge in [0.1, 0.15) is 12.0 Å². The van der Waals surface area contributed by atoms with Gasteiger partial charge in [-0.15, -0.1) is 5.10 Å². The van der Waals surface area contributed by atoms with Crippen LogP contribution >= 0.6 is 11.8 Å². The van der Waals surface area contributed by atoms with E-state index >= 15 is 0 Å². The number of nitrogens with one attached hydrogen (secondary N) is 1. The standard InChI is InChI=1S/C17H14N4O4S/c1-2-25-14-6-4-3-5-12(14)16-18-17(20-19-16)26-15-8-7-11(10-22)9-13(15)21(23)24/h3-10H,2H2,1H3,(H,18,19,20). The number of carbonyl (C=O) groups excluding carboxylic acids is 1. The Morgan fingerprint density at radius 3 is 2.85 bits per heavy atom. The lowest BCUT2D eigenvalue weighted by Crippen LogP contribution is -1.94. The minimum atomic E-state index is -0.534. The maximum absolute atomic E-state index is 11.2. The molecule has 0 saturated carbocycles. The average Bonchev–Trinajstić information content (AvgIpc) is 3.11. The smallest absolute Gasteiger partial charge is 0.284 e. The number of para-hydroxylation sites is 1. The molecule has 26 heavy (non-hydrogen) atoms. The first-order valence-electron chi connectivity index (χ1n) is 7.68. The van der Waals surface area contributed by atoms with E-state index in [4.69, 9.17) is 4.74 Å². The van der Waals surface area contributed by atoms with Gasteiger partial charge in [-0.25, -0.2) is 4.98 Å². The highest BCUT2D eigenvalue weighted by Gasteiger charge is 2.18. The first-order chi connectivity index (χ1) is 12.6. The van der Waals surface area contributed by atoms with Gasteiger partial charge in [0, 0.05) is 11.6 Å². The maximum Gasteiger partial charge on any atom is 0.284 e. The van der Waals surface area contributed by atoms with E-state index in [0.29, 0.717) is 34.5 Å². The topological polar surface area (TPSA) is 111 Å². The van der Waals surface area contributed by atoms with Gasteiger partial charge in [-0.2, -0.15) is 0 Å². The van der Waals surface area contributed by atoms with Crippen LogP contribution in [0, 0.1) is 10.1 Å². The molecule has 1 aromatic heterocycles. The second kappa shape index (κ2) is 7.79. The fourth-order valence-corrected chi connectivity index (χ4v) is 3.09. The Morgan fingerprint density at radius 1 is 1.31 bits per heavy atom. The average molecular weight is 370 g/mol. The number of aromatic nitrogens is 3. The third-order valence-corrected chi connectivity index (χ3v) is 4.35. The van der Waals surface area contributed by atoms with Crippen molar-refractivity contribution in [2.45, 2.75) is 17.0 Å². The van der Waals surface area contributed by atoms with E-state index in [-0.39, 0.29) is 11.3 Å². The molecule has 1 heterocycles. The fraction of sp³-hybridized carbons (Fsp3) is 0.118. The largest absolute Gasteiger partial charge is 0.493 e. The van der Waals surface area contributed by atoms with Crippen LogP contribution < -0.4 is 4.74 Å². The lowest BCUT2D eigenvalue weighted by atomic mass is 10.2. The predicted octanol–water partition coefficient (Wildman–Crippen LogP) is 3.74. The van der Waals surface area contributed by atoms with Gasteiger partial charge in [0.25, 0.3) is 5.69 Å². The molecule has 0 bridgehead atoms. The highest BCUT2D eigenvalue weighted by atomic mass is 32.2. The zero-order valence-corrected chi connectivity index (χ0v) is 14.5. The minimum Gasteiger partial charge on any atom is -0.493 e. The first-order valence-corrected chi connectivity index (χ1v) is 8.50. The summed E-state index contributed by atoms with van der Waals surface area (Å²) in [7, 11) is 0. The molecule has 0 spiro atoms. The van der Waals surface area contributed by atoms with Crippen LogP contribution in [0.5, 0.6) is 5.75 Å². The zero-order valence-electron chi connectivity index (χ0n) is 13.7. The van der Waals surface area contributed by atoms with Crippen molar-refractivity contribution in [2.75, 3.05) is 6.61 Å². The Morgan fingerprint density at radius 2 is 2.12 bits per heavy atom. The van der Waals surface area contributed by atoms with Gasteiger partial charge in [-0.05, 0) is 36.9 Å². The normalized spacial score (nSPS) is 10.5. The van der Waals surface area contributed by atoms with Gasteiger partial charge in [-0.3, -0.25) is 20.0 Å². The van der Waals surface area contributed by atoms with Crippen LogP contribution in [0.4, 0.5) is 5.69 Å². The number of aldehydes is 1. The Kier molecular flexibility index (Phi) is 5.28. The summed E-state index contributed by atoms with van der Waals surface area (Å²) in [5.41, 5.74) is 0.822. The number of carbonyl (C=O) groups is 1. The second-order valence-electron chi connectivity index (χ2n) is 5.10. The van der Waals surface area contributed by atoms with Gasteiger partial charge in [0.15, 0.2) is 5.82 Å². The SMILES string of the molecule is CCOc1ccccc1-c1nc(Sc2ccc(C=O)cc2[N+](=O)[O-])n[nH]1. The minimum absolute atomic E-state index is 0.166. The third kappa shape index (κ3) is 3.72. The summed E-state index contributed by atoms with van der Waals surface area (Å²) in [5, 5.41) is 18.5. The Balaban J connectivity index is 1.90. The molecule has 0 amide bonds. The molecule has 9 heteroatoms. The molecular formula is C17H14N4O4S. The monoisotopic (exact) mass is 370 g/mol. The second-order valence-corrected chi connectivity index (χ2v) is 6.11. The highest BCUT2D eigenvalue weighted by Crippen LogP contribution is 2.35. The molecule has 0 aliphatic heterocycles.